The van der Waals surface area contributed by atoms with E-state index in [2.05, 4.69) is 21.2 Å². The molecule has 0 atom stereocenters. The summed E-state index contributed by atoms with van der Waals surface area (Å²) in [6.07, 6.45) is 5.62. The summed E-state index contributed by atoms with van der Waals surface area (Å²) < 4.78 is 1.34. The summed E-state index contributed by atoms with van der Waals surface area (Å²) in [5.74, 6) is -0.366. The fraction of sp³-hybridized carbons (Fsp3) is 0.429. The van der Waals surface area contributed by atoms with Crippen molar-refractivity contribution >= 4 is 44.8 Å². The number of hydrogen-bond donors (Lipinski definition) is 3. The van der Waals surface area contributed by atoms with Crippen LogP contribution in [-0.2, 0) is 24.2 Å². The highest BCUT2D eigenvalue weighted by atomic mass is 32.1. The largest absolute Gasteiger partial charge is 0.364 e. The Labute approximate surface area is 142 Å². The molecule has 1 amide bonds. The van der Waals surface area contributed by atoms with Crippen LogP contribution in [0.15, 0.2) is 11.1 Å². The van der Waals surface area contributed by atoms with Crippen molar-refractivity contribution in [3.05, 3.63) is 27.1 Å². The molecule has 2 aromatic rings. The second-order valence-electron chi connectivity index (χ2n) is 5.32. The minimum Gasteiger partial charge on any atom is -0.364 e. The van der Waals surface area contributed by atoms with Crippen molar-refractivity contribution in [3.63, 3.8) is 0 Å². The van der Waals surface area contributed by atoms with Crippen LogP contribution >= 0.6 is 23.6 Å². The molecule has 0 radical (unpaired) electrons. The number of aromatic nitrogens is 2. The lowest BCUT2D eigenvalue weighted by Gasteiger charge is -2.11. The molecule has 0 fully saturated rings. The maximum Gasteiger partial charge on any atom is 0.262 e. The molecule has 0 spiro atoms. The highest BCUT2D eigenvalue weighted by Crippen LogP contribution is 2.33. The number of hydrogen-bond acceptors (Lipinski definition) is 5. The van der Waals surface area contributed by atoms with E-state index in [4.69, 9.17) is 12.2 Å². The van der Waals surface area contributed by atoms with Crippen LogP contribution in [0.1, 0.15) is 23.3 Å². The molecule has 2 heterocycles. The molecule has 0 bridgehead atoms. The Hall–Kier alpha value is -2.00. The first kappa shape index (κ1) is 15.9. The van der Waals surface area contributed by atoms with Crippen LogP contribution in [0.3, 0.4) is 0 Å². The van der Waals surface area contributed by atoms with E-state index < -0.39 is 0 Å². The smallest absolute Gasteiger partial charge is 0.262 e. The Morgan fingerprint density at radius 3 is 2.96 bits per heavy atom. The number of thiophene rings is 1. The quantitative estimate of drug-likeness (QED) is 0.538. The molecule has 3 N–H and O–H groups in total. The fourth-order valence-electron chi connectivity index (χ4n) is 2.68. The Bertz CT molecular complexity index is 826. The van der Waals surface area contributed by atoms with E-state index in [9.17, 15) is 9.59 Å². The fourth-order valence-corrected chi connectivity index (χ4v) is 3.95. The molecule has 0 saturated carbocycles. The normalized spacial score (nSPS) is 13.4. The number of rotatable bonds is 2. The van der Waals surface area contributed by atoms with E-state index in [0.717, 1.165) is 36.1 Å². The van der Waals surface area contributed by atoms with Crippen molar-refractivity contribution in [1.29, 1.82) is 0 Å². The van der Waals surface area contributed by atoms with Gasteiger partial charge in [0, 0.05) is 11.9 Å². The third-order valence-electron chi connectivity index (χ3n) is 3.80. The Morgan fingerprint density at radius 1 is 1.39 bits per heavy atom. The summed E-state index contributed by atoms with van der Waals surface area (Å²) >= 11 is 6.46. The molecule has 122 valence electrons. The zero-order valence-corrected chi connectivity index (χ0v) is 14.3. The highest BCUT2D eigenvalue weighted by molar-refractivity contribution is 7.80. The molecule has 1 aliphatic rings. The van der Waals surface area contributed by atoms with Gasteiger partial charge in [-0.1, -0.05) is 0 Å². The van der Waals surface area contributed by atoms with E-state index in [1.807, 2.05) is 0 Å². The molecule has 0 aromatic carbocycles. The molecule has 2 aromatic heterocycles. The van der Waals surface area contributed by atoms with Crippen LogP contribution in [0.25, 0.3) is 10.2 Å². The van der Waals surface area contributed by atoms with Gasteiger partial charge in [0.05, 0.1) is 11.7 Å². The maximum atomic E-state index is 12.7. The van der Waals surface area contributed by atoms with Gasteiger partial charge in [-0.05, 0) is 43.5 Å². The van der Waals surface area contributed by atoms with Crippen molar-refractivity contribution in [2.24, 2.45) is 0 Å². The number of carbonyl (C=O) groups excluding carboxylic acids is 1. The van der Waals surface area contributed by atoms with Gasteiger partial charge in [0.2, 0.25) is 0 Å². The van der Waals surface area contributed by atoms with E-state index in [0.29, 0.717) is 10.5 Å². The van der Waals surface area contributed by atoms with Gasteiger partial charge in [-0.3, -0.25) is 25.0 Å². The number of carbonyl (C=O) groups is 1. The van der Waals surface area contributed by atoms with Crippen LogP contribution < -0.4 is 21.7 Å². The lowest BCUT2D eigenvalue weighted by atomic mass is 9.97. The minimum atomic E-state index is -0.366. The number of nitrogens with zero attached hydrogens (tertiary/aromatic N) is 2. The molecule has 1 aliphatic carbocycles. The van der Waals surface area contributed by atoms with Gasteiger partial charge < -0.3 is 5.32 Å². The molecule has 7 nitrogen and oxygen atoms in total. The molecule has 0 unspecified atom stereocenters. The Morgan fingerprint density at radius 2 is 2.17 bits per heavy atom. The highest BCUT2D eigenvalue weighted by Gasteiger charge is 2.20. The number of thiocarbonyl (C=S) groups is 1. The van der Waals surface area contributed by atoms with Crippen LogP contribution in [0.2, 0.25) is 0 Å². The number of hydrazine groups is 1. The molecule has 9 heteroatoms. The first-order chi connectivity index (χ1) is 11.1. The van der Waals surface area contributed by atoms with Gasteiger partial charge in [0.25, 0.3) is 11.5 Å². The molecular formula is C14H17N5O2S2. The molecule has 23 heavy (non-hydrogen) atoms. The molecule has 3 rings (SSSR count). The van der Waals surface area contributed by atoms with Crippen LogP contribution in [0.4, 0.5) is 0 Å². The summed E-state index contributed by atoms with van der Waals surface area (Å²) in [6.45, 7) is -0.105. The number of nitrogens with one attached hydrogen (secondary N) is 3. The van der Waals surface area contributed by atoms with E-state index in [1.54, 1.807) is 18.4 Å². The Balaban J connectivity index is 1.85. The predicted molar refractivity (Wildman–Crippen MR) is 93.5 cm³/mol. The van der Waals surface area contributed by atoms with Crippen molar-refractivity contribution in [3.8, 4) is 0 Å². The van der Waals surface area contributed by atoms with Crippen molar-refractivity contribution in [1.82, 2.24) is 25.7 Å². The average Bonchev–Trinajstić information content (AvgIpc) is 2.94. The third kappa shape index (κ3) is 3.20. The van der Waals surface area contributed by atoms with Gasteiger partial charge in [-0.15, -0.1) is 11.3 Å². The molecule has 0 saturated heterocycles. The van der Waals surface area contributed by atoms with Crippen molar-refractivity contribution in [2.75, 3.05) is 7.05 Å². The van der Waals surface area contributed by atoms with E-state index >= 15 is 0 Å². The first-order valence-corrected chi connectivity index (χ1v) is 8.59. The lowest BCUT2D eigenvalue weighted by molar-refractivity contribution is -0.122. The van der Waals surface area contributed by atoms with Gasteiger partial charge in [0.1, 0.15) is 11.4 Å². The van der Waals surface area contributed by atoms with Crippen LogP contribution in [0.5, 0.6) is 0 Å². The SMILES string of the molecule is CNC(=S)NNC(=O)Cn1cnc2sc3c(c2c1=O)CCCC3. The summed E-state index contributed by atoms with van der Waals surface area (Å²) in [5, 5.41) is 3.65. The minimum absolute atomic E-state index is 0.105. The van der Waals surface area contributed by atoms with E-state index in [-0.39, 0.29) is 18.0 Å². The summed E-state index contributed by atoms with van der Waals surface area (Å²) in [6, 6.07) is 0. The topological polar surface area (TPSA) is 88.0 Å². The second kappa shape index (κ2) is 6.63. The molecule has 0 aliphatic heterocycles. The third-order valence-corrected chi connectivity index (χ3v) is 5.30. The predicted octanol–water partition coefficient (Wildman–Crippen LogP) is 0.462. The summed E-state index contributed by atoms with van der Waals surface area (Å²) in [4.78, 5) is 31.0. The van der Waals surface area contributed by atoms with Crippen LogP contribution in [-0.4, -0.2) is 27.6 Å². The van der Waals surface area contributed by atoms with Gasteiger partial charge in [0.15, 0.2) is 5.11 Å². The monoisotopic (exact) mass is 351 g/mol. The second-order valence-corrected chi connectivity index (χ2v) is 6.81. The lowest BCUT2D eigenvalue weighted by Crippen LogP contribution is -2.47. The first-order valence-electron chi connectivity index (χ1n) is 7.36. The number of amides is 1. The Kier molecular flexibility index (Phi) is 4.58. The number of aryl methyl sites for hydroxylation is 2. The van der Waals surface area contributed by atoms with Gasteiger partial charge in [-0.2, -0.15) is 0 Å². The zero-order chi connectivity index (χ0) is 16.4. The van der Waals surface area contributed by atoms with Gasteiger partial charge in [-0.25, -0.2) is 4.98 Å². The average molecular weight is 351 g/mol. The summed E-state index contributed by atoms with van der Waals surface area (Å²) in [5.41, 5.74) is 5.95. The van der Waals surface area contributed by atoms with E-state index in [1.165, 1.54) is 15.8 Å². The van der Waals surface area contributed by atoms with Gasteiger partial charge >= 0.3 is 0 Å². The summed E-state index contributed by atoms with van der Waals surface area (Å²) in [7, 11) is 1.64. The van der Waals surface area contributed by atoms with Crippen molar-refractivity contribution in [2.45, 2.75) is 32.2 Å². The zero-order valence-electron chi connectivity index (χ0n) is 12.6. The van der Waals surface area contributed by atoms with Crippen molar-refractivity contribution < 1.29 is 4.79 Å². The maximum absolute atomic E-state index is 12.7. The standard InChI is InChI=1S/C14H17N5O2S2/c1-15-14(22)18-17-10(20)6-19-7-16-12-11(13(19)21)8-4-2-3-5-9(8)23-12/h7H,2-6H2,1H3,(H,17,20)(H2,15,18,22). The molecular weight excluding hydrogens is 334 g/mol. The number of fused-ring (bicyclic) bond motifs is 3. The van der Waals surface area contributed by atoms with Crippen LogP contribution in [0, 0.1) is 0 Å².